The van der Waals surface area contributed by atoms with Crippen molar-refractivity contribution in [2.45, 2.75) is 25.1 Å². The molecular weight excluding hydrogens is 257 g/mol. The van der Waals surface area contributed by atoms with Crippen LogP contribution in [0.15, 0.2) is 24.3 Å². The van der Waals surface area contributed by atoms with Gasteiger partial charge < -0.3 is 5.73 Å². The lowest BCUT2D eigenvalue weighted by Crippen LogP contribution is -2.34. The van der Waals surface area contributed by atoms with E-state index < -0.39 is 17.6 Å². The SMILES string of the molecule is NC(=O)CN1CCC[C@H]1c1ccccc1C(F)(F)F. The Morgan fingerprint density at radius 3 is 2.68 bits per heavy atom. The van der Waals surface area contributed by atoms with Gasteiger partial charge in [-0.1, -0.05) is 18.2 Å². The quantitative estimate of drug-likeness (QED) is 0.918. The second kappa shape index (κ2) is 5.21. The number of carbonyl (C=O) groups is 1. The van der Waals surface area contributed by atoms with Gasteiger partial charge in [0.15, 0.2) is 0 Å². The summed E-state index contributed by atoms with van der Waals surface area (Å²) in [5, 5.41) is 0. The molecule has 1 amide bonds. The molecule has 0 radical (unpaired) electrons. The summed E-state index contributed by atoms with van der Waals surface area (Å²) in [4.78, 5) is 12.7. The number of alkyl halides is 3. The fraction of sp³-hybridized carbons (Fsp3) is 0.462. The highest BCUT2D eigenvalue weighted by Crippen LogP contribution is 2.39. The molecule has 0 aromatic heterocycles. The van der Waals surface area contributed by atoms with Gasteiger partial charge in [-0.3, -0.25) is 9.69 Å². The number of rotatable bonds is 3. The van der Waals surface area contributed by atoms with E-state index in [9.17, 15) is 18.0 Å². The van der Waals surface area contributed by atoms with Gasteiger partial charge in [0.1, 0.15) is 0 Å². The molecule has 0 spiro atoms. The summed E-state index contributed by atoms with van der Waals surface area (Å²) in [6.07, 6.45) is -3.00. The fourth-order valence-corrected chi connectivity index (χ4v) is 2.61. The maximum absolute atomic E-state index is 13.0. The number of benzene rings is 1. The van der Waals surface area contributed by atoms with E-state index in [4.69, 9.17) is 5.73 Å². The van der Waals surface area contributed by atoms with E-state index in [1.807, 2.05) is 0 Å². The van der Waals surface area contributed by atoms with Crippen LogP contribution in [0.5, 0.6) is 0 Å². The van der Waals surface area contributed by atoms with Crippen LogP contribution in [0.1, 0.15) is 30.0 Å². The predicted molar refractivity (Wildman–Crippen MR) is 64.2 cm³/mol. The number of halogens is 3. The summed E-state index contributed by atoms with van der Waals surface area (Å²) in [5.41, 5.74) is 4.74. The molecule has 1 aromatic carbocycles. The molecule has 1 heterocycles. The average molecular weight is 272 g/mol. The van der Waals surface area contributed by atoms with E-state index in [0.717, 1.165) is 12.5 Å². The number of hydrogen-bond donors (Lipinski definition) is 1. The van der Waals surface area contributed by atoms with Crippen molar-refractivity contribution in [2.24, 2.45) is 5.73 Å². The number of nitrogens with two attached hydrogens (primary N) is 1. The van der Waals surface area contributed by atoms with Gasteiger partial charge in [-0.15, -0.1) is 0 Å². The maximum atomic E-state index is 13.0. The third kappa shape index (κ3) is 3.07. The van der Waals surface area contributed by atoms with Gasteiger partial charge in [-0.25, -0.2) is 0 Å². The Kier molecular flexibility index (Phi) is 3.80. The third-order valence-corrected chi connectivity index (χ3v) is 3.35. The van der Waals surface area contributed by atoms with Crippen LogP contribution in [0, 0.1) is 0 Å². The topological polar surface area (TPSA) is 46.3 Å². The van der Waals surface area contributed by atoms with Crippen LogP contribution < -0.4 is 5.73 Å². The Bertz CT molecular complexity index is 473. The first kappa shape index (κ1) is 13.9. The van der Waals surface area contributed by atoms with Crippen LogP contribution in [-0.2, 0) is 11.0 Å². The Hall–Kier alpha value is -1.56. The molecule has 0 unspecified atom stereocenters. The normalized spacial score (nSPS) is 20.7. The summed E-state index contributed by atoms with van der Waals surface area (Å²) in [6, 6.07) is 5.14. The Labute approximate surface area is 109 Å². The molecule has 6 heteroatoms. The van der Waals surface area contributed by atoms with E-state index in [2.05, 4.69) is 0 Å². The first-order valence-corrected chi connectivity index (χ1v) is 6.08. The van der Waals surface area contributed by atoms with Crippen molar-refractivity contribution in [2.75, 3.05) is 13.1 Å². The molecule has 19 heavy (non-hydrogen) atoms. The van der Waals surface area contributed by atoms with Crippen molar-refractivity contribution in [3.8, 4) is 0 Å². The zero-order valence-electron chi connectivity index (χ0n) is 10.3. The number of nitrogens with zero attached hydrogens (tertiary/aromatic N) is 1. The fourth-order valence-electron chi connectivity index (χ4n) is 2.61. The van der Waals surface area contributed by atoms with Crippen LogP contribution >= 0.6 is 0 Å². The lowest BCUT2D eigenvalue weighted by Gasteiger charge is -2.26. The Morgan fingerprint density at radius 1 is 1.37 bits per heavy atom. The molecule has 0 saturated carbocycles. The van der Waals surface area contributed by atoms with Crippen molar-refractivity contribution in [1.29, 1.82) is 0 Å². The second-order valence-electron chi connectivity index (χ2n) is 4.68. The van der Waals surface area contributed by atoms with Crippen molar-refractivity contribution >= 4 is 5.91 Å². The van der Waals surface area contributed by atoms with Crippen LogP contribution in [-0.4, -0.2) is 23.9 Å². The molecule has 3 nitrogen and oxygen atoms in total. The zero-order valence-corrected chi connectivity index (χ0v) is 10.3. The van der Waals surface area contributed by atoms with Crippen molar-refractivity contribution in [1.82, 2.24) is 4.90 Å². The zero-order chi connectivity index (χ0) is 14.0. The highest BCUT2D eigenvalue weighted by molar-refractivity contribution is 5.76. The minimum atomic E-state index is -4.38. The first-order chi connectivity index (χ1) is 8.89. The number of amides is 1. The van der Waals surface area contributed by atoms with E-state index in [0.29, 0.717) is 13.0 Å². The minimum absolute atomic E-state index is 0.00312. The molecule has 1 aliphatic heterocycles. The first-order valence-electron chi connectivity index (χ1n) is 6.08. The monoisotopic (exact) mass is 272 g/mol. The van der Waals surface area contributed by atoms with Gasteiger partial charge in [0.2, 0.25) is 5.91 Å². The van der Waals surface area contributed by atoms with Gasteiger partial charge >= 0.3 is 6.18 Å². The van der Waals surface area contributed by atoms with E-state index in [1.54, 1.807) is 11.0 Å². The Morgan fingerprint density at radius 2 is 2.05 bits per heavy atom. The lowest BCUT2D eigenvalue weighted by molar-refractivity contribution is -0.138. The summed E-state index contributed by atoms with van der Waals surface area (Å²) in [6.45, 7) is 0.594. The van der Waals surface area contributed by atoms with Gasteiger partial charge in [0.05, 0.1) is 12.1 Å². The van der Waals surface area contributed by atoms with Crippen molar-refractivity contribution in [3.63, 3.8) is 0 Å². The molecule has 1 fully saturated rings. The third-order valence-electron chi connectivity index (χ3n) is 3.35. The number of carbonyl (C=O) groups excluding carboxylic acids is 1. The van der Waals surface area contributed by atoms with Crippen molar-refractivity contribution in [3.05, 3.63) is 35.4 Å². The highest BCUT2D eigenvalue weighted by Gasteiger charge is 2.37. The highest BCUT2D eigenvalue weighted by atomic mass is 19.4. The van der Waals surface area contributed by atoms with Crippen LogP contribution in [0.3, 0.4) is 0 Å². The number of likely N-dealkylation sites (tertiary alicyclic amines) is 1. The minimum Gasteiger partial charge on any atom is -0.369 e. The molecule has 0 aliphatic carbocycles. The van der Waals surface area contributed by atoms with Gasteiger partial charge in [0, 0.05) is 6.04 Å². The second-order valence-corrected chi connectivity index (χ2v) is 4.68. The molecule has 2 N–H and O–H groups in total. The van der Waals surface area contributed by atoms with E-state index >= 15 is 0 Å². The Balaban J connectivity index is 2.33. The molecule has 1 aliphatic rings. The van der Waals surface area contributed by atoms with Crippen molar-refractivity contribution < 1.29 is 18.0 Å². The van der Waals surface area contributed by atoms with Gasteiger partial charge in [-0.2, -0.15) is 13.2 Å². The molecule has 2 rings (SSSR count). The molecule has 0 bridgehead atoms. The summed E-state index contributed by atoms with van der Waals surface area (Å²) in [5.74, 6) is -0.517. The summed E-state index contributed by atoms with van der Waals surface area (Å²) in [7, 11) is 0. The van der Waals surface area contributed by atoms with E-state index in [-0.39, 0.29) is 18.2 Å². The number of primary amides is 1. The van der Waals surface area contributed by atoms with Crippen LogP contribution in [0.2, 0.25) is 0 Å². The smallest absolute Gasteiger partial charge is 0.369 e. The molecule has 1 aromatic rings. The summed E-state index contributed by atoms with van der Waals surface area (Å²) >= 11 is 0. The molecular formula is C13H15F3N2O. The van der Waals surface area contributed by atoms with Crippen LogP contribution in [0.4, 0.5) is 13.2 Å². The largest absolute Gasteiger partial charge is 0.416 e. The van der Waals surface area contributed by atoms with Gasteiger partial charge in [0.25, 0.3) is 0 Å². The maximum Gasteiger partial charge on any atom is 0.416 e. The number of hydrogen-bond acceptors (Lipinski definition) is 2. The summed E-state index contributed by atoms with van der Waals surface area (Å²) < 4.78 is 38.9. The van der Waals surface area contributed by atoms with E-state index in [1.165, 1.54) is 12.1 Å². The molecule has 1 atom stereocenters. The lowest BCUT2D eigenvalue weighted by atomic mass is 9.98. The average Bonchev–Trinajstić information content (AvgIpc) is 2.75. The molecule has 104 valence electrons. The van der Waals surface area contributed by atoms with Crippen LogP contribution in [0.25, 0.3) is 0 Å². The van der Waals surface area contributed by atoms with Gasteiger partial charge in [-0.05, 0) is 31.0 Å². The predicted octanol–water partition coefficient (Wildman–Crippen LogP) is 2.33. The molecule has 1 saturated heterocycles. The standard InChI is InChI=1S/C13H15F3N2O/c14-13(15,16)10-5-2-1-4-9(10)11-6-3-7-18(11)8-12(17)19/h1-2,4-5,11H,3,6-8H2,(H2,17,19)/t11-/m0/s1.